The molecule has 0 saturated heterocycles. The Labute approximate surface area is 177 Å². The lowest BCUT2D eigenvalue weighted by Gasteiger charge is -2.21. The predicted molar refractivity (Wildman–Crippen MR) is 109 cm³/mol. The van der Waals surface area contributed by atoms with Gasteiger partial charge in [0.25, 0.3) is 15.9 Å². The Balaban J connectivity index is 1.59. The number of amides is 1. The standard InChI is InChI=1S/C19H19ClN2O5S2/c20-13-4-3-11(18(23)10-1-2-10)7-17(13)29(25,26)22-19(24)16-8-12-14(9-21)27-6-5-15(12)28-16/h3-4,7-8,10,14H,1-2,5-6,9,21H2,(H,22,24). The van der Waals surface area contributed by atoms with Gasteiger partial charge in [-0.05, 0) is 42.7 Å². The topological polar surface area (TPSA) is 116 Å². The van der Waals surface area contributed by atoms with E-state index in [1.165, 1.54) is 29.5 Å². The number of carbonyl (C=O) groups is 2. The predicted octanol–water partition coefficient (Wildman–Crippen LogP) is 2.69. The van der Waals surface area contributed by atoms with Crippen molar-refractivity contribution in [3.8, 4) is 0 Å². The Hall–Kier alpha value is -1.78. The fraction of sp³-hybridized carbons (Fsp3) is 0.368. The molecule has 154 valence electrons. The van der Waals surface area contributed by atoms with Crippen molar-refractivity contribution in [2.45, 2.75) is 30.3 Å². The van der Waals surface area contributed by atoms with E-state index in [2.05, 4.69) is 4.72 Å². The summed E-state index contributed by atoms with van der Waals surface area (Å²) in [4.78, 5) is 25.8. The second kappa shape index (κ2) is 7.81. The summed E-state index contributed by atoms with van der Waals surface area (Å²) in [6, 6.07) is 5.72. The number of Topliss-reactive ketones (excluding diaryl/α,β-unsaturated/α-hetero) is 1. The van der Waals surface area contributed by atoms with Crippen molar-refractivity contribution in [2.75, 3.05) is 13.2 Å². The smallest absolute Gasteiger partial charge is 0.275 e. The van der Waals surface area contributed by atoms with Crippen LogP contribution in [0, 0.1) is 5.92 Å². The molecule has 4 rings (SSSR count). The normalized spacial score (nSPS) is 18.9. The number of nitrogens with one attached hydrogen (secondary N) is 1. The molecule has 1 aliphatic heterocycles. The van der Waals surface area contributed by atoms with E-state index >= 15 is 0 Å². The van der Waals surface area contributed by atoms with Crippen LogP contribution >= 0.6 is 22.9 Å². The first kappa shape index (κ1) is 20.5. The van der Waals surface area contributed by atoms with E-state index < -0.39 is 15.9 Å². The summed E-state index contributed by atoms with van der Waals surface area (Å²) in [5, 5.41) is -0.0558. The van der Waals surface area contributed by atoms with Gasteiger partial charge >= 0.3 is 0 Å². The Morgan fingerprint density at radius 2 is 2.03 bits per heavy atom. The molecule has 0 radical (unpaired) electrons. The molecule has 7 nitrogen and oxygen atoms in total. The zero-order valence-electron chi connectivity index (χ0n) is 15.3. The zero-order valence-corrected chi connectivity index (χ0v) is 17.7. The van der Waals surface area contributed by atoms with Crippen LogP contribution in [0.1, 0.15) is 49.4 Å². The van der Waals surface area contributed by atoms with Gasteiger partial charge in [-0.3, -0.25) is 9.59 Å². The van der Waals surface area contributed by atoms with Gasteiger partial charge in [0.05, 0.1) is 22.6 Å². The summed E-state index contributed by atoms with van der Waals surface area (Å²) < 4.78 is 33.2. The van der Waals surface area contributed by atoms with Gasteiger partial charge in [-0.15, -0.1) is 11.3 Å². The van der Waals surface area contributed by atoms with Gasteiger partial charge in [0.1, 0.15) is 4.90 Å². The molecule has 1 amide bonds. The second-order valence-corrected chi connectivity index (χ2v) is 10.2. The van der Waals surface area contributed by atoms with Gasteiger partial charge in [-0.2, -0.15) is 0 Å². The number of ether oxygens (including phenoxy) is 1. The van der Waals surface area contributed by atoms with Crippen molar-refractivity contribution in [3.05, 3.63) is 50.2 Å². The number of sulfonamides is 1. The van der Waals surface area contributed by atoms with E-state index in [0.29, 0.717) is 13.0 Å². The minimum Gasteiger partial charge on any atom is -0.372 e. The van der Waals surface area contributed by atoms with E-state index in [1.54, 1.807) is 6.07 Å². The first-order chi connectivity index (χ1) is 13.8. The number of ketones is 1. The molecule has 2 aliphatic rings. The van der Waals surface area contributed by atoms with Crippen molar-refractivity contribution < 1.29 is 22.7 Å². The first-order valence-corrected chi connectivity index (χ1v) is 11.8. The van der Waals surface area contributed by atoms with Gasteiger partial charge in [-0.1, -0.05) is 11.6 Å². The summed E-state index contributed by atoms with van der Waals surface area (Å²) in [5.41, 5.74) is 6.80. The monoisotopic (exact) mass is 454 g/mol. The Bertz CT molecular complexity index is 1090. The summed E-state index contributed by atoms with van der Waals surface area (Å²) in [5.74, 6) is -0.921. The molecule has 29 heavy (non-hydrogen) atoms. The van der Waals surface area contributed by atoms with Crippen molar-refractivity contribution in [3.63, 3.8) is 0 Å². The molecule has 2 heterocycles. The number of fused-ring (bicyclic) bond motifs is 1. The van der Waals surface area contributed by atoms with E-state index in [-0.39, 0.29) is 44.7 Å². The number of hydrogen-bond acceptors (Lipinski definition) is 7. The zero-order chi connectivity index (χ0) is 20.8. The third kappa shape index (κ3) is 4.10. The van der Waals surface area contributed by atoms with Crippen LogP contribution < -0.4 is 10.5 Å². The van der Waals surface area contributed by atoms with Crippen LogP contribution in [0.25, 0.3) is 0 Å². The number of thiophene rings is 1. The summed E-state index contributed by atoms with van der Waals surface area (Å²) >= 11 is 7.28. The molecule has 1 aromatic heterocycles. The molecule has 1 atom stereocenters. The maximum atomic E-state index is 12.8. The number of benzene rings is 1. The fourth-order valence-corrected chi connectivity index (χ4v) is 5.92. The van der Waals surface area contributed by atoms with E-state index in [0.717, 1.165) is 23.3 Å². The van der Waals surface area contributed by atoms with Crippen molar-refractivity contribution >= 4 is 44.7 Å². The first-order valence-electron chi connectivity index (χ1n) is 9.15. The molecule has 1 aliphatic carbocycles. The Morgan fingerprint density at radius 3 is 2.72 bits per heavy atom. The average molecular weight is 455 g/mol. The van der Waals surface area contributed by atoms with Crippen LogP contribution in [0.5, 0.6) is 0 Å². The van der Waals surface area contributed by atoms with Gasteiger partial charge < -0.3 is 10.5 Å². The molecule has 2 aromatic rings. The van der Waals surface area contributed by atoms with Crippen molar-refractivity contribution in [1.29, 1.82) is 0 Å². The van der Waals surface area contributed by atoms with Crippen LogP contribution in [0.15, 0.2) is 29.2 Å². The van der Waals surface area contributed by atoms with E-state index in [4.69, 9.17) is 22.1 Å². The highest BCUT2D eigenvalue weighted by atomic mass is 35.5. The molecule has 1 fully saturated rings. The van der Waals surface area contributed by atoms with Crippen LogP contribution in [0.4, 0.5) is 0 Å². The average Bonchev–Trinajstić information content (AvgIpc) is 3.44. The van der Waals surface area contributed by atoms with Gasteiger partial charge in [0.2, 0.25) is 0 Å². The van der Waals surface area contributed by atoms with Crippen LogP contribution in [0.3, 0.4) is 0 Å². The van der Waals surface area contributed by atoms with Crippen molar-refractivity contribution in [2.24, 2.45) is 11.7 Å². The summed E-state index contributed by atoms with van der Waals surface area (Å²) in [6.07, 6.45) is 1.95. The largest absolute Gasteiger partial charge is 0.372 e. The number of halogens is 1. The quantitative estimate of drug-likeness (QED) is 0.648. The molecule has 0 spiro atoms. The SMILES string of the molecule is NCC1OCCc2sc(C(=O)NS(=O)(=O)c3cc(C(=O)C4CC4)ccc3Cl)cc21. The van der Waals surface area contributed by atoms with Crippen LogP contribution in [-0.2, 0) is 21.2 Å². The van der Waals surface area contributed by atoms with Gasteiger partial charge in [-0.25, -0.2) is 13.1 Å². The highest BCUT2D eigenvalue weighted by molar-refractivity contribution is 7.90. The van der Waals surface area contributed by atoms with Crippen LogP contribution in [-0.4, -0.2) is 33.3 Å². The lowest BCUT2D eigenvalue weighted by atomic mass is 10.1. The third-order valence-electron chi connectivity index (χ3n) is 4.96. The number of nitrogens with two attached hydrogens (primary N) is 1. The molecule has 0 bridgehead atoms. The maximum absolute atomic E-state index is 12.8. The Morgan fingerprint density at radius 1 is 1.28 bits per heavy atom. The molecule has 1 saturated carbocycles. The second-order valence-electron chi connectivity index (χ2n) is 7.05. The minimum absolute atomic E-state index is 0.0558. The fourth-order valence-electron chi connectivity index (χ4n) is 3.27. The van der Waals surface area contributed by atoms with E-state index in [1.807, 2.05) is 0 Å². The number of carbonyl (C=O) groups excluding carboxylic acids is 2. The summed E-state index contributed by atoms with van der Waals surface area (Å²) in [6.45, 7) is 0.784. The lowest BCUT2D eigenvalue weighted by Crippen LogP contribution is -2.30. The molecule has 1 aromatic carbocycles. The number of rotatable bonds is 6. The highest BCUT2D eigenvalue weighted by Crippen LogP contribution is 2.35. The van der Waals surface area contributed by atoms with E-state index in [9.17, 15) is 18.0 Å². The van der Waals surface area contributed by atoms with Crippen LogP contribution in [0.2, 0.25) is 5.02 Å². The lowest BCUT2D eigenvalue weighted by molar-refractivity contribution is 0.0498. The molecular weight excluding hydrogens is 436 g/mol. The molecule has 1 unspecified atom stereocenters. The molecule has 10 heteroatoms. The van der Waals surface area contributed by atoms with Gasteiger partial charge in [0, 0.05) is 29.3 Å². The molecule has 3 N–H and O–H groups in total. The van der Waals surface area contributed by atoms with Crippen molar-refractivity contribution in [1.82, 2.24) is 4.72 Å². The minimum atomic E-state index is -4.25. The highest BCUT2D eigenvalue weighted by Gasteiger charge is 2.32. The Kier molecular flexibility index (Phi) is 5.52. The number of hydrogen-bond donors (Lipinski definition) is 2. The molecular formula is C19H19ClN2O5S2. The third-order valence-corrected chi connectivity index (χ3v) is 7.98. The summed E-state index contributed by atoms with van der Waals surface area (Å²) in [7, 11) is -4.25. The maximum Gasteiger partial charge on any atom is 0.275 e. The van der Waals surface area contributed by atoms with Gasteiger partial charge in [0.15, 0.2) is 5.78 Å².